The Labute approximate surface area is 163 Å². The van der Waals surface area contributed by atoms with Crippen molar-refractivity contribution in [3.63, 3.8) is 0 Å². The molecule has 0 bridgehead atoms. The topological polar surface area (TPSA) is 101 Å². The molecule has 0 unspecified atom stereocenters. The van der Waals surface area contributed by atoms with Gasteiger partial charge in [0, 0.05) is 5.56 Å². The first-order chi connectivity index (χ1) is 13.4. The van der Waals surface area contributed by atoms with Crippen molar-refractivity contribution in [3.8, 4) is 0 Å². The van der Waals surface area contributed by atoms with E-state index in [-0.39, 0.29) is 17.3 Å². The van der Waals surface area contributed by atoms with Gasteiger partial charge in [0.15, 0.2) is 0 Å². The lowest BCUT2D eigenvalue weighted by Gasteiger charge is -2.04. The number of nitrogens with zero attached hydrogens (tertiary/aromatic N) is 1. The maximum absolute atomic E-state index is 12.2. The minimum Gasteiger partial charge on any atom is -0.459 e. The Morgan fingerprint density at radius 1 is 1.04 bits per heavy atom. The Bertz CT molecular complexity index is 1070. The van der Waals surface area contributed by atoms with Gasteiger partial charge in [0.2, 0.25) is 10.0 Å². The van der Waals surface area contributed by atoms with E-state index in [1.54, 1.807) is 42.5 Å². The highest BCUT2D eigenvalue weighted by Gasteiger charge is 2.13. The van der Waals surface area contributed by atoms with Crippen molar-refractivity contribution in [2.24, 2.45) is 5.10 Å². The molecule has 0 saturated heterocycles. The van der Waals surface area contributed by atoms with E-state index in [0.29, 0.717) is 17.1 Å². The molecule has 1 aromatic heterocycles. The van der Waals surface area contributed by atoms with Crippen LogP contribution in [-0.2, 0) is 16.6 Å². The van der Waals surface area contributed by atoms with E-state index in [4.69, 9.17) is 4.42 Å². The molecule has 0 saturated carbocycles. The molecule has 1 heterocycles. The molecular formula is C20H19N3O4S. The van der Waals surface area contributed by atoms with Crippen molar-refractivity contribution in [2.75, 3.05) is 0 Å². The third-order valence-corrected chi connectivity index (χ3v) is 5.26. The van der Waals surface area contributed by atoms with Gasteiger partial charge in [-0.1, -0.05) is 35.9 Å². The number of rotatable bonds is 7. The number of sulfonamides is 1. The van der Waals surface area contributed by atoms with Crippen LogP contribution in [0.1, 0.15) is 27.4 Å². The number of nitrogens with one attached hydrogen (secondary N) is 2. The molecule has 2 N–H and O–H groups in total. The third kappa shape index (κ3) is 5.15. The van der Waals surface area contributed by atoms with Gasteiger partial charge in [-0.15, -0.1) is 0 Å². The fourth-order valence-corrected chi connectivity index (χ4v) is 3.35. The number of hydrazone groups is 1. The molecule has 0 aliphatic rings. The summed E-state index contributed by atoms with van der Waals surface area (Å²) < 4.78 is 32.3. The van der Waals surface area contributed by atoms with Gasteiger partial charge in [-0.2, -0.15) is 5.10 Å². The highest BCUT2D eigenvalue weighted by molar-refractivity contribution is 7.89. The molecule has 144 valence electrons. The fourth-order valence-electron chi connectivity index (χ4n) is 2.33. The first-order valence-corrected chi connectivity index (χ1v) is 9.96. The van der Waals surface area contributed by atoms with Crippen LogP contribution in [0.2, 0.25) is 0 Å². The van der Waals surface area contributed by atoms with Crippen molar-refractivity contribution in [3.05, 3.63) is 89.4 Å². The Morgan fingerprint density at radius 2 is 1.75 bits per heavy atom. The Hall–Kier alpha value is -3.23. The summed E-state index contributed by atoms with van der Waals surface area (Å²) in [4.78, 5) is 12.1. The van der Waals surface area contributed by atoms with Gasteiger partial charge in [-0.3, -0.25) is 4.79 Å². The monoisotopic (exact) mass is 397 g/mol. The van der Waals surface area contributed by atoms with Crippen molar-refractivity contribution in [1.29, 1.82) is 0 Å². The van der Waals surface area contributed by atoms with Gasteiger partial charge in [-0.25, -0.2) is 18.6 Å². The molecule has 3 rings (SSSR count). The van der Waals surface area contributed by atoms with E-state index < -0.39 is 10.0 Å². The summed E-state index contributed by atoms with van der Waals surface area (Å²) in [6, 6.07) is 18.5. The van der Waals surface area contributed by atoms with Crippen LogP contribution in [0.5, 0.6) is 0 Å². The van der Waals surface area contributed by atoms with E-state index in [1.165, 1.54) is 18.3 Å². The number of aryl methyl sites for hydroxylation is 1. The molecule has 8 heteroatoms. The molecule has 0 aliphatic heterocycles. The van der Waals surface area contributed by atoms with Crippen molar-refractivity contribution in [1.82, 2.24) is 10.1 Å². The first kappa shape index (κ1) is 19.5. The van der Waals surface area contributed by atoms with Gasteiger partial charge in [-0.05, 0) is 43.3 Å². The molecule has 28 heavy (non-hydrogen) atoms. The molecule has 3 aromatic rings. The Morgan fingerprint density at radius 3 is 2.46 bits per heavy atom. The summed E-state index contributed by atoms with van der Waals surface area (Å²) in [5, 5.41) is 3.85. The largest absolute Gasteiger partial charge is 0.459 e. The first-order valence-electron chi connectivity index (χ1n) is 8.47. The number of amides is 1. The van der Waals surface area contributed by atoms with Crippen LogP contribution in [0.15, 0.2) is 81.1 Å². The summed E-state index contributed by atoms with van der Waals surface area (Å²) in [7, 11) is -3.61. The molecular weight excluding hydrogens is 378 g/mol. The number of furan rings is 1. The maximum atomic E-state index is 12.2. The van der Waals surface area contributed by atoms with Crippen molar-refractivity contribution in [2.45, 2.75) is 18.4 Å². The van der Waals surface area contributed by atoms with Crippen LogP contribution in [-0.4, -0.2) is 20.5 Å². The normalized spacial score (nSPS) is 11.6. The SMILES string of the molecule is Cc1ccc(C(=O)N/N=C\c2ccc(CNS(=O)(=O)c3ccccc3)o2)cc1. The summed E-state index contributed by atoms with van der Waals surface area (Å²) in [6.07, 6.45) is 1.35. The van der Waals surface area contributed by atoms with E-state index in [2.05, 4.69) is 15.2 Å². The lowest BCUT2D eigenvalue weighted by Crippen LogP contribution is -2.22. The zero-order chi connectivity index (χ0) is 20.0. The second-order valence-corrected chi connectivity index (χ2v) is 7.77. The molecule has 0 radical (unpaired) electrons. The van der Waals surface area contributed by atoms with Gasteiger partial charge >= 0.3 is 0 Å². The average molecular weight is 397 g/mol. The summed E-state index contributed by atoms with van der Waals surface area (Å²) in [6.45, 7) is 1.94. The van der Waals surface area contributed by atoms with Crippen LogP contribution < -0.4 is 10.1 Å². The maximum Gasteiger partial charge on any atom is 0.271 e. The highest BCUT2D eigenvalue weighted by atomic mass is 32.2. The number of carbonyl (C=O) groups excluding carboxylic acids is 1. The van der Waals surface area contributed by atoms with Crippen LogP contribution >= 0.6 is 0 Å². The number of benzene rings is 2. The van der Waals surface area contributed by atoms with Crippen molar-refractivity contribution >= 4 is 22.1 Å². The molecule has 0 spiro atoms. The molecule has 7 nitrogen and oxygen atoms in total. The number of hydrogen-bond donors (Lipinski definition) is 2. The molecule has 2 aromatic carbocycles. The van der Waals surface area contributed by atoms with Gasteiger partial charge in [0.1, 0.15) is 11.5 Å². The predicted octanol–water partition coefficient (Wildman–Crippen LogP) is 2.83. The van der Waals surface area contributed by atoms with E-state index >= 15 is 0 Å². The van der Waals surface area contributed by atoms with E-state index in [0.717, 1.165) is 5.56 Å². The van der Waals surface area contributed by atoms with Gasteiger partial charge < -0.3 is 4.42 Å². The van der Waals surface area contributed by atoms with Crippen LogP contribution in [0.4, 0.5) is 0 Å². The zero-order valence-corrected chi connectivity index (χ0v) is 15.9. The lowest BCUT2D eigenvalue weighted by molar-refractivity contribution is 0.0955. The molecule has 1 amide bonds. The minimum absolute atomic E-state index is 0.000787. The molecule has 0 aliphatic carbocycles. The number of carbonyl (C=O) groups is 1. The quantitative estimate of drug-likeness (QED) is 0.473. The van der Waals surface area contributed by atoms with Gasteiger partial charge in [0.25, 0.3) is 5.91 Å². The highest BCUT2D eigenvalue weighted by Crippen LogP contribution is 2.10. The van der Waals surface area contributed by atoms with E-state index in [9.17, 15) is 13.2 Å². The Balaban J connectivity index is 1.54. The van der Waals surface area contributed by atoms with Gasteiger partial charge in [0.05, 0.1) is 17.7 Å². The second-order valence-electron chi connectivity index (χ2n) is 6.01. The lowest BCUT2D eigenvalue weighted by atomic mass is 10.1. The fraction of sp³-hybridized carbons (Fsp3) is 0.100. The summed E-state index contributed by atoms with van der Waals surface area (Å²) >= 11 is 0. The second kappa shape index (κ2) is 8.64. The minimum atomic E-state index is -3.61. The third-order valence-electron chi connectivity index (χ3n) is 3.84. The summed E-state index contributed by atoms with van der Waals surface area (Å²) in [5.74, 6) is 0.475. The number of hydrogen-bond acceptors (Lipinski definition) is 5. The average Bonchev–Trinajstić information content (AvgIpc) is 3.15. The van der Waals surface area contributed by atoms with Crippen LogP contribution in [0.25, 0.3) is 0 Å². The van der Waals surface area contributed by atoms with Crippen LogP contribution in [0.3, 0.4) is 0 Å². The molecule has 0 fully saturated rings. The van der Waals surface area contributed by atoms with Crippen molar-refractivity contribution < 1.29 is 17.6 Å². The smallest absolute Gasteiger partial charge is 0.271 e. The predicted molar refractivity (Wildman–Crippen MR) is 105 cm³/mol. The molecule has 0 atom stereocenters. The van der Waals surface area contributed by atoms with E-state index in [1.807, 2.05) is 19.1 Å². The Kier molecular flexibility index (Phi) is 6.03. The standard InChI is InChI=1S/C20H19N3O4S/c1-15-7-9-16(10-8-15)20(24)23-21-13-17-11-12-18(27-17)14-22-28(25,26)19-5-3-2-4-6-19/h2-13,22H,14H2,1H3,(H,23,24)/b21-13-. The van der Waals surface area contributed by atoms with Crippen LogP contribution in [0, 0.1) is 6.92 Å². The summed E-state index contributed by atoms with van der Waals surface area (Å²) in [5.41, 5.74) is 3.97. The zero-order valence-electron chi connectivity index (χ0n) is 15.1.